The van der Waals surface area contributed by atoms with E-state index in [1.165, 1.54) is 11.1 Å². The molecule has 3 rings (SSSR count). The predicted octanol–water partition coefficient (Wildman–Crippen LogP) is 2.81. The van der Waals surface area contributed by atoms with Crippen molar-refractivity contribution in [2.24, 2.45) is 0 Å². The number of aromatic nitrogens is 1. The first-order chi connectivity index (χ1) is 5.86. The molecule has 1 heterocycles. The van der Waals surface area contributed by atoms with Crippen LogP contribution < -0.4 is 6.15 Å². The van der Waals surface area contributed by atoms with Gasteiger partial charge in [0.1, 0.15) is 5.76 Å². The van der Waals surface area contributed by atoms with Crippen molar-refractivity contribution in [2.75, 3.05) is 0 Å². The highest BCUT2D eigenvalue weighted by Crippen LogP contribution is 2.32. The minimum Gasteiger partial charge on any atom is -0.362 e. The third-order valence-electron chi connectivity index (χ3n) is 1.68. The van der Waals surface area contributed by atoms with Crippen LogP contribution in [-0.2, 0) is 0 Å². The fourth-order valence-electron chi connectivity index (χ4n) is 0.955. The molecule has 0 radical (unpaired) electrons. The van der Waals surface area contributed by atoms with Gasteiger partial charge >= 0.3 is 0 Å². The van der Waals surface area contributed by atoms with Gasteiger partial charge in [-0.1, -0.05) is 23.4 Å². The summed E-state index contributed by atoms with van der Waals surface area (Å²) in [6.07, 6.45) is 1.62. The molecule has 0 saturated carbocycles. The van der Waals surface area contributed by atoms with E-state index in [1.54, 1.807) is 12.3 Å². The number of rotatable bonds is 0. The van der Waals surface area contributed by atoms with Gasteiger partial charge in [0, 0.05) is 6.07 Å². The summed E-state index contributed by atoms with van der Waals surface area (Å²) in [6.45, 7) is 1.85. The molecule has 0 unspecified atom stereocenters. The maximum absolute atomic E-state index is 4.58. The highest BCUT2D eigenvalue weighted by atomic mass is 16.5. The van der Waals surface area contributed by atoms with E-state index < -0.39 is 0 Å². The summed E-state index contributed by atoms with van der Waals surface area (Å²) >= 11 is 0. The van der Waals surface area contributed by atoms with Crippen LogP contribution in [0.25, 0.3) is 11.1 Å². The van der Waals surface area contributed by atoms with Gasteiger partial charge in [-0.2, -0.15) is 0 Å². The highest BCUT2D eigenvalue weighted by molar-refractivity contribution is 5.80. The Morgan fingerprint density at radius 3 is 2.00 bits per heavy atom. The van der Waals surface area contributed by atoms with Crippen LogP contribution in [0.15, 0.2) is 41.1 Å². The second kappa shape index (κ2) is 3.87. The molecule has 0 spiro atoms. The first kappa shape index (κ1) is 9.48. The molecule has 0 atom stereocenters. The van der Waals surface area contributed by atoms with Crippen LogP contribution in [0.3, 0.4) is 0 Å². The monoisotopic (exact) mass is 176 g/mol. The first-order valence-corrected chi connectivity index (χ1v) is 3.84. The van der Waals surface area contributed by atoms with Crippen LogP contribution >= 0.6 is 0 Å². The van der Waals surface area contributed by atoms with Crippen molar-refractivity contribution in [1.82, 2.24) is 11.3 Å². The Balaban J connectivity index is 0.000000121. The SMILES string of the molecule is Cc1ccno1.N.c1cc2cc-2c1. The lowest BCUT2D eigenvalue weighted by Gasteiger charge is -1.65. The number of hydrogen-bond donors (Lipinski definition) is 1. The zero-order valence-electron chi connectivity index (χ0n) is 7.53. The second-order valence-electron chi connectivity index (χ2n) is 2.70. The van der Waals surface area contributed by atoms with Crippen molar-refractivity contribution < 1.29 is 4.52 Å². The predicted molar refractivity (Wildman–Crippen MR) is 51.7 cm³/mol. The number of fused-ring (bicyclic) bond motifs is 1. The van der Waals surface area contributed by atoms with Gasteiger partial charge in [-0.15, -0.1) is 0 Å². The molecule has 0 aromatic carbocycles. The van der Waals surface area contributed by atoms with Gasteiger partial charge in [-0.25, -0.2) is 0 Å². The molecule has 68 valence electrons. The summed E-state index contributed by atoms with van der Waals surface area (Å²) in [7, 11) is 0. The Morgan fingerprint density at radius 1 is 1.15 bits per heavy atom. The molecule has 3 N–H and O–H groups in total. The fourth-order valence-corrected chi connectivity index (χ4v) is 0.955. The maximum Gasteiger partial charge on any atom is 0.133 e. The molecule has 0 fully saturated rings. The summed E-state index contributed by atoms with van der Waals surface area (Å²) in [6, 6.07) is 10.3. The number of aryl methyl sites for hydroxylation is 1. The van der Waals surface area contributed by atoms with Crippen molar-refractivity contribution in [3.63, 3.8) is 0 Å². The normalized spacial score (nSPS) is 9.31. The number of nitrogens with zero attached hydrogens (tertiary/aromatic N) is 1. The van der Waals surface area contributed by atoms with Gasteiger partial charge in [-0.05, 0) is 24.1 Å². The van der Waals surface area contributed by atoms with Gasteiger partial charge in [0.15, 0.2) is 0 Å². The molecular formula is C10H12N2O. The van der Waals surface area contributed by atoms with E-state index >= 15 is 0 Å². The summed E-state index contributed by atoms with van der Waals surface area (Å²) in [5, 5.41) is 3.45. The third kappa shape index (κ3) is 2.42. The Bertz CT molecular complexity index is 351. The molecule has 0 aliphatic heterocycles. The Kier molecular flexibility index (Phi) is 2.82. The van der Waals surface area contributed by atoms with Gasteiger partial charge in [0.2, 0.25) is 0 Å². The Labute approximate surface area is 77.0 Å². The summed E-state index contributed by atoms with van der Waals surface area (Å²) < 4.78 is 4.58. The molecule has 1 aromatic rings. The van der Waals surface area contributed by atoms with Crippen LogP contribution in [0, 0.1) is 6.92 Å². The topological polar surface area (TPSA) is 61.0 Å². The average Bonchev–Trinajstić information content (AvgIpc) is 2.55. The highest BCUT2D eigenvalue weighted by Gasteiger charge is 2.06. The summed E-state index contributed by atoms with van der Waals surface area (Å²) in [4.78, 5) is 0. The van der Waals surface area contributed by atoms with Crippen molar-refractivity contribution in [1.29, 1.82) is 0 Å². The second-order valence-corrected chi connectivity index (χ2v) is 2.70. The van der Waals surface area contributed by atoms with E-state index in [-0.39, 0.29) is 6.15 Å². The average molecular weight is 176 g/mol. The number of benzene rings is 1. The van der Waals surface area contributed by atoms with Crippen LogP contribution in [-0.4, -0.2) is 5.16 Å². The zero-order valence-corrected chi connectivity index (χ0v) is 7.53. The quantitative estimate of drug-likeness (QED) is 0.572. The molecule has 3 heteroatoms. The van der Waals surface area contributed by atoms with E-state index in [4.69, 9.17) is 0 Å². The fraction of sp³-hybridized carbons (Fsp3) is 0.100. The van der Waals surface area contributed by atoms with Crippen molar-refractivity contribution in [2.45, 2.75) is 6.92 Å². The molecule has 3 nitrogen and oxygen atoms in total. The van der Waals surface area contributed by atoms with Crippen LogP contribution in [0.5, 0.6) is 0 Å². The molecule has 2 aliphatic rings. The van der Waals surface area contributed by atoms with E-state index in [2.05, 4.69) is 33.9 Å². The first-order valence-electron chi connectivity index (χ1n) is 3.84. The molecule has 0 saturated heterocycles. The smallest absolute Gasteiger partial charge is 0.133 e. The summed E-state index contributed by atoms with van der Waals surface area (Å²) in [5.74, 6) is 0.856. The van der Waals surface area contributed by atoms with E-state index in [9.17, 15) is 0 Å². The summed E-state index contributed by atoms with van der Waals surface area (Å²) in [5.41, 5.74) is 2.85. The van der Waals surface area contributed by atoms with Crippen molar-refractivity contribution in [3.05, 3.63) is 42.3 Å². The third-order valence-corrected chi connectivity index (χ3v) is 1.68. The lowest BCUT2D eigenvalue weighted by atomic mass is 10.5. The molecule has 1 aromatic heterocycles. The standard InChI is InChI=1S/C6H4.C4H5NO.H3N/c1-2-5-4-6(5)3-1;1-4-2-3-5-6-4;/h1-4H;2-3H,1H3;1H3. The Morgan fingerprint density at radius 2 is 1.85 bits per heavy atom. The minimum absolute atomic E-state index is 0. The Hall–Kier alpha value is -1.61. The largest absolute Gasteiger partial charge is 0.362 e. The lowest BCUT2D eigenvalue weighted by Crippen LogP contribution is -1.50. The van der Waals surface area contributed by atoms with Crippen LogP contribution in [0.1, 0.15) is 5.76 Å². The number of hydrogen-bond acceptors (Lipinski definition) is 3. The van der Waals surface area contributed by atoms with Gasteiger partial charge < -0.3 is 10.7 Å². The van der Waals surface area contributed by atoms with Crippen LogP contribution in [0.4, 0.5) is 0 Å². The van der Waals surface area contributed by atoms with E-state index in [1.807, 2.05) is 6.92 Å². The van der Waals surface area contributed by atoms with Crippen LogP contribution in [0.2, 0.25) is 0 Å². The minimum atomic E-state index is 0. The van der Waals surface area contributed by atoms with E-state index in [0.717, 1.165) is 5.76 Å². The van der Waals surface area contributed by atoms with Gasteiger partial charge in [-0.3, -0.25) is 0 Å². The molecule has 2 aliphatic carbocycles. The maximum atomic E-state index is 4.58. The molecule has 0 amide bonds. The molecular weight excluding hydrogens is 164 g/mol. The van der Waals surface area contributed by atoms with Crippen molar-refractivity contribution in [3.8, 4) is 11.1 Å². The molecule has 13 heavy (non-hydrogen) atoms. The van der Waals surface area contributed by atoms with Gasteiger partial charge in [0.05, 0.1) is 6.20 Å². The zero-order chi connectivity index (χ0) is 8.39. The van der Waals surface area contributed by atoms with Gasteiger partial charge in [0.25, 0.3) is 0 Å². The van der Waals surface area contributed by atoms with Crippen molar-refractivity contribution >= 4 is 0 Å². The molecule has 0 bridgehead atoms. The van der Waals surface area contributed by atoms with E-state index in [0.29, 0.717) is 0 Å². The lowest BCUT2D eigenvalue weighted by molar-refractivity contribution is 0.397.